The van der Waals surface area contributed by atoms with Crippen molar-refractivity contribution in [3.8, 4) is 5.75 Å². The Kier molecular flexibility index (Phi) is 3.96. The lowest BCUT2D eigenvalue weighted by Gasteiger charge is -2.17. The van der Waals surface area contributed by atoms with E-state index in [1.54, 1.807) is 0 Å². The van der Waals surface area contributed by atoms with E-state index in [9.17, 15) is 9.90 Å². The summed E-state index contributed by atoms with van der Waals surface area (Å²) in [7, 11) is 0. The molecule has 0 unspecified atom stereocenters. The van der Waals surface area contributed by atoms with Gasteiger partial charge in [0.15, 0.2) is 6.61 Å². The van der Waals surface area contributed by atoms with Gasteiger partial charge in [-0.1, -0.05) is 54.6 Å². The number of aliphatic hydroxyl groups is 1. The van der Waals surface area contributed by atoms with Gasteiger partial charge in [0.1, 0.15) is 5.75 Å². The topological polar surface area (TPSA) is 58.6 Å². The fourth-order valence-electron chi connectivity index (χ4n) is 3.11. The first-order chi connectivity index (χ1) is 12.2. The van der Waals surface area contributed by atoms with Gasteiger partial charge in [-0.3, -0.25) is 4.79 Å². The first-order valence-electron chi connectivity index (χ1n) is 8.11. The summed E-state index contributed by atoms with van der Waals surface area (Å²) in [6.07, 6.45) is 4.01. The second kappa shape index (κ2) is 6.42. The van der Waals surface area contributed by atoms with Gasteiger partial charge < -0.3 is 15.2 Å². The van der Waals surface area contributed by atoms with Crippen molar-refractivity contribution in [1.82, 2.24) is 0 Å². The molecule has 0 saturated carbocycles. The number of benzene rings is 3. The van der Waals surface area contributed by atoms with Crippen LogP contribution in [0, 0.1) is 0 Å². The number of hydrogen-bond donors (Lipinski definition) is 2. The molecule has 4 rings (SSSR count). The van der Waals surface area contributed by atoms with Gasteiger partial charge in [-0.05, 0) is 39.6 Å². The summed E-state index contributed by atoms with van der Waals surface area (Å²) >= 11 is 0. The van der Waals surface area contributed by atoms with Crippen molar-refractivity contribution in [2.24, 2.45) is 0 Å². The van der Waals surface area contributed by atoms with E-state index < -0.39 is 0 Å². The minimum absolute atomic E-state index is 0.00437. The molecular formula is C21H17NO3. The van der Waals surface area contributed by atoms with Gasteiger partial charge in [0.2, 0.25) is 0 Å². The molecule has 4 heteroatoms. The number of hydrogen-bond acceptors (Lipinski definition) is 3. The molecule has 3 aromatic rings. The van der Waals surface area contributed by atoms with E-state index >= 15 is 0 Å². The third kappa shape index (κ3) is 2.99. The number of ether oxygens (including phenoxy) is 1. The zero-order chi connectivity index (χ0) is 17.2. The molecule has 2 N–H and O–H groups in total. The van der Waals surface area contributed by atoms with Crippen molar-refractivity contribution < 1.29 is 14.6 Å². The van der Waals surface area contributed by atoms with E-state index in [2.05, 4.69) is 5.32 Å². The Hall–Kier alpha value is -3.11. The minimum atomic E-state index is -0.143. The molecule has 1 aliphatic rings. The normalized spacial score (nSPS) is 13.6. The molecule has 0 aromatic heterocycles. The Morgan fingerprint density at radius 3 is 2.76 bits per heavy atom. The molecule has 0 spiro atoms. The smallest absolute Gasteiger partial charge is 0.262 e. The van der Waals surface area contributed by atoms with Gasteiger partial charge in [-0.15, -0.1) is 0 Å². The Bertz CT molecular complexity index is 986. The predicted octanol–water partition coefficient (Wildman–Crippen LogP) is 3.83. The number of anilines is 1. The fraction of sp³-hybridized carbons (Fsp3) is 0.0952. The van der Waals surface area contributed by atoms with Crippen LogP contribution in [0.3, 0.4) is 0 Å². The third-order valence-corrected chi connectivity index (χ3v) is 4.29. The summed E-state index contributed by atoms with van der Waals surface area (Å²) in [4.78, 5) is 11.5. The zero-order valence-corrected chi connectivity index (χ0v) is 13.5. The van der Waals surface area contributed by atoms with Crippen LogP contribution < -0.4 is 10.1 Å². The average Bonchev–Trinajstić information content (AvgIpc) is 2.65. The highest BCUT2D eigenvalue weighted by Gasteiger charge is 2.15. The van der Waals surface area contributed by atoms with Gasteiger partial charge in [0, 0.05) is 0 Å². The summed E-state index contributed by atoms with van der Waals surface area (Å²) in [5.74, 6) is 0.541. The van der Waals surface area contributed by atoms with Crippen LogP contribution in [0.2, 0.25) is 0 Å². The molecule has 25 heavy (non-hydrogen) atoms. The summed E-state index contributed by atoms with van der Waals surface area (Å²) in [5, 5.41) is 14.6. The van der Waals surface area contributed by atoms with E-state index in [-0.39, 0.29) is 19.1 Å². The standard InChI is InChI=1S/C21H17NO3/c23-12-17-6-2-4-15-3-1-5-16(21(15)17)9-7-14-8-10-19-18(11-14)22-20(24)13-25-19/h1-11,23H,12-13H2,(H,22,24). The molecule has 0 bridgehead atoms. The maximum Gasteiger partial charge on any atom is 0.262 e. The van der Waals surface area contributed by atoms with Gasteiger partial charge in [-0.2, -0.15) is 0 Å². The Morgan fingerprint density at radius 1 is 1.08 bits per heavy atom. The highest BCUT2D eigenvalue weighted by Crippen LogP contribution is 2.30. The van der Waals surface area contributed by atoms with Crippen LogP contribution in [0.1, 0.15) is 16.7 Å². The molecule has 0 fully saturated rings. The Morgan fingerprint density at radius 2 is 1.92 bits per heavy atom. The van der Waals surface area contributed by atoms with Crippen LogP contribution in [-0.4, -0.2) is 17.6 Å². The summed E-state index contributed by atoms with van der Waals surface area (Å²) in [6, 6.07) is 17.7. The molecule has 4 nitrogen and oxygen atoms in total. The second-order valence-corrected chi connectivity index (χ2v) is 5.95. The van der Waals surface area contributed by atoms with Crippen molar-refractivity contribution >= 4 is 34.5 Å². The van der Waals surface area contributed by atoms with E-state index in [4.69, 9.17) is 4.74 Å². The Balaban J connectivity index is 1.72. The Labute approximate surface area is 145 Å². The molecule has 0 aliphatic carbocycles. The third-order valence-electron chi connectivity index (χ3n) is 4.29. The summed E-state index contributed by atoms with van der Waals surface area (Å²) in [6.45, 7) is 0.0620. The number of rotatable bonds is 3. The number of carbonyl (C=O) groups is 1. The lowest BCUT2D eigenvalue weighted by Crippen LogP contribution is -2.25. The number of amides is 1. The number of aliphatic hydroxyl groups excluding tert-OH is 1. The van der Waals surface area contributed by atoms with Crippen LogP contribution >= 0.6 is 0 Å². The first-order valence-corrected chi connectivity index (χ1v) is 8.11. The lowest BCUT2D eigenvalue weighted by atomic mass is 9.98. The minimum Gasteiger partial charge on any atom is -0.482 e. The van der Waals surface area contributed by atoms with Gasteiger partial charge >= 0.3 is 0 Å². The van der Waals surface area contributed by atoms with Crippen molar-refractivity contribution in [1.29, 1.82) is 0 Å². The SMILES string of the molecule is O=C1COc2ccc(C=Cc3cccc4cccc(CO)c34)cc2N1. The van der Waals surface area contributed by atoms with E-state index in [0.717, 1.165) is 27.5 Å². The fourth-order valence-corrected chi connectivity index (χ4v) is 3.11. The van der Waals surface area contributed by atoms with Crippen molar-refractivity contribution in [2.75, 3.05) is 11.9 Å². The highest BCUT2D eigenvalue weighted by atomic mass is 16.5. The molecular weight excluding hydrogens is 314 g/mol. The maximum absolute atomic E-state index is 11.5. The first kappa shape index (κ1) is 15.4. The largest absolute Gasteiger partial charge is 0.482 e. The van der Waals surface area contributed by atoms with Crippen LogP contribution in [0.5, 0.6) is 5.75 Å². The average molecular weight is 331 g/mol. The maximum atomic E-state index is 11.5. The molecule has 0 radical (unpaired) electrons. The highest BCUT2D eigenvalue weighted by molar-refractivity contribution is 5.97. The predicted molar refractivity (Wildman–Crippen MR) is 99.4 cm³/mol. The number of carbonyl (C=O) groups excluding carboxylic acids is 1. The zero-order valence-electron chi connectivity index (χ0n) is 13.5. The van der Waals surface area contributed by atoms with Crippen LogP contribution in [0.4, 0.5) is 5.69 Å². The van der Waals surface area contributed by atoms with E-state index in [1.807, 2.05) is 66.7 Å². The summed E-state index contributed by atoms with van der Waals surface area (Å²) in [5.41, 5.74) is 3.60. The quantitative estimate of drug-likeness (QED) is 0.717. The lowest BCUT2D eigenvalue weighted by molar-refractivity contribution is -0.118. The van der Waals surface area contributed by atoms with Gasteiger partial charge in [0.25, 0.3) is 5.91 Å². The van der Waals surface area contributed by atoms with E-state index in [0.29, 0.717) is 11.4 Å². The summed E-state index contributed by atoms with van der Waals surface area (Å²) < 4.78 is 5.38. The number of fused-ring (bicyclic) bond motifs is 2. The van der Waals surface area contributed by atoms with Crippen LogP contribution in [-0.2, 0) is 11.4 Å². The van der Waals surface area contributed by atoms with Crippen LogP contribution in [0.25, 0.3) is 22.9 Å². The molecule has 1 amide bonds. The molecule has 0 saturated heterocycles. The van der Waals surface area contributed by atoms with Crippen LogP contribution in [0.15, 0.2) is 54.6 Å². The molecule has 0 atom stereocenters. The van der Waals surface area contributed by atoms with E-state index in [1.165, 1.54) is 0 Å². The molecule has 124 valence electrons. The van der Waals surface area contributed by atoms with Gasteiger partial charge in [0.05, 0.1) is 12.3 Å². The van der Waals surface area contributed by atoms with Crippen molar-refractivity contribution in [2.45, 2.75) is 6.61 Å². The van der Waals surface area contributed by atoms with Crippen molar-refractivity contribution in [3.63, 3.8) is 0 Å². The molecule has 3 aromatic carbocycles. The second-order valence-electron chi connectivity index (χ2n) is 5.95. The van der Waals surface area contributed by atoms with Gasteiger partial charge in [-0.25, -0.2) is 0 Å². The monoisotopic (exact) mass is 331 g/mol. The number of nitrogens with one attached hydrogen (secondary N) is 1. The molecule has 1 aliphatic heterocycles. The van der Waals surface area contributed by atoms with Crippen molar-refractivity contribution in [3.05, 3.63) is 71.3 Å². The molecule has 1 heterocycles.